The second-order valence-corrected chi connectivity index (χ2v) is 5.72. The van der Waals surface area contributed by atoms with Gasteiger partial charge in [-0.3, -0.25) is 0 Å². The van der Waals surface area contributed by atoms with Crippen molar-refractivity contribution in [2.24, 2.45) is 0 Å². The lowest BCUT2D eigenvalue weighted by atomic mass is 10.2. The van der Waals surface area contributed by atoms with Gasteiger partial charge in [0.1, 0.15) is 5.82 Å². The Labute approximate surface area is 150 Å². The fourth-order valence-electron chi connectivity index (χ4n) is 2.72. The normalized spacial score (nSPS) is 10.7. The second-order valence-electron chi connectivity index (χ2n) is 5.72. The van der Waals surface area contributed by atoms with Gasteiger partial charge in [-0.25, -0.2) is 9.78 Å². The lowest BCUT2D eigenvalue weighted by Gasteiger charge is -2.10. The van der Waals surface area contributed by atoms with Crippen molar-refractivity contribution < 1.29 is 14.3 Å². The van der Waals surface area contributed by atoms with Crippen LogP contribution in [0.2, 0.25) is 0 Å². The SMILES string of the molecule is COc1cc(-c2nc3ccccc3[nH]2)ccc1OC(=O)c1ccccc1. The lowest BCUT2D eigenvalue weighted by molar-refractivity contribution is 0.0730. The molecule has 0 bridgehead atoms. The Kier molecular flexibility index (Phi) is 4.11. The van der Waals surface area contributed by atoms with Crippen molar-refractivity contribution in [3.8, 4) is 22.9 Å². The summed E-state index contributed by atoms with van der Waals surface area (Å²) in [6, 6.07) is 22.0. The predicted octanol–water partition coefficient (Wildman–Crippen LogP) is 4.46. The molecule has 26 heavy (non-hydrogen) atoms. The van der Waals surface area contributed by atoms with E-state index < -0.39 is 5.97 Å². The van der Waals surface area contributed by atoms with E-state index in [-0.39, 0.29) is 0 Å². The molecule has 5 nitrogen and oxygen atoms in total. The average Bonchev–Trinajstić information content (AvgIpc) is 3.13. The van der Waals surface area contributed by atoms with Crippen LogP contribution in [-0.2, 0) is 0 Å². The summed E-state index contributed by atoms with van der Waals surface area (Å²) in [6.45, 7) is 0. The van der Waals surface area contributed by atoms with Crippen LogP contribution in [0.3, 0.4) is 0 Å². The molecule has 0 amide bonds. The number of esters is 1. The Bertz CT molecular complexity index is 1040. The maximum absolute atomic E-state index is 12.3. The van der Waals surface area contributed by atoms with Gasteiger partial charge in [0, 0.05) is 5.56 Å². The molecule has 0 aliphatic carbocycles. The van der Waals surface area contributed by atoms with Gasteiger partial charge in [-0.15, -0.1) is 0 Å². The molecule has 0 aliphatic rings. The first-order valence-corrected chi connectivity index (χ1v) is 8.15. The number of rotatable bonds is 4. The third kappa shape index (κ3) is 3.02. The first-order valence-electron chi connectivity index (χ1n) is 8.15. The van der Waals surface area contributed by atoms with Crippen LogP contribution >= 0.6 is 0 Å². The highest BCUT2D eigenvalue weighted by atomic mass is 16.6. The van der Waals surface area contributed by atoms with Crippen LogP contribution in [0.1, 0.15) is 10.4 Å². The van der Waals surface area contributed by atoms with Crippen LogP contribution in [0.5, 0.6) is 11.5 Å². The summed E-state index contributed by atoms with van der Waals surface area (Å²) >= 11 is 0. The molecule has 1 aromatic heterocycles. The molecular weight excluding hydrogens is 328 g/mol. The van der Waals surface area contributed by atoms with Gasteiger partial charge in [0.2, 0.25) is 0 Å². The summed E-state index contributed by atoms with van der Waals surface area (Å²) in [4.78, 5) is 20.1. The summed E-state index contributed by atoms with van der Waals surface area (Å²) in [5.74, 6) is 1.12. The van der Waals surface area contributed by atoms with Crippen molar-refractivity contribution in [2.45, 2.75) is 0 Å². The van der Waals surface area contributed by atoms with Crippen LogP contribution in [0.4, 0.5) is 0 Å². The quantitative estimate of drug-likeness (QED) is 0.438. The van der Waals surface area contributed by atoms with E-state index in [1.807, 2.05) is 36.4 Å². The zero-order valence-corrected chi connectivity index (χ0v) is 14.1. The van der Waals surface area contributed by atoms with Gasteiger partial charge in [0.15, 0.2) is 11.5 Å². The first-order chi connectivity index (χ1) is 12.7. The Balaban J connectivity index is 1.65. The molecule has 0 fully saturated rings. The summed E-state index contributed by atoms with van der Waals surface area (Å²) in [6.07, 6.45) is 0. The highest BCUT2D eigenvalue weighted by molar-refractivity contribution is 5.91. The number of para-hydroxylation sites is 2. The fraction of sp³-hybridized carbons (Fsp3) is 0.0476. The minimum Gasteiger partial charge on any atom is -0.493 e. The summed E-state index contributed by atoms with van der Waals surface area (Å²) in [7, 11) is 1.54. The van der Waals surface area contributed by atoms with E-state index in [4.69, 9.17) is 9.47 Å². The van der Waals surface area contributed by atoms with Crippen LogP contribution < -0.4 is 9.47 Å². The van der Waals surface area contributed by atoms with E-state index in [1.54, 1.807) is 36.4 Å². The maximum atomic E-state index is 12.3. The van der Waals surface area contributed by atoms with Gasteiger partial charge >= 0.3 is 5.97 Å². The topological polar surface area (TPSA) is 64.2 Å². The average molecular weight is 344 g/mol. The molecule has 1 N–H and O–H groups in total. The number of hydrogen-bond acceptors (Lipinski definition) is 4. The van der Waals surface area contributed by atoms with E-state index in [2.05, 4.69) is 9.97 Å². The Morgan fingerprint density at radius 2 is 1.69 bits per heavy atom. The van der Waals surface area contributed by atoms with Crippen LogP contribution in [0.25, 0.3) is 22.4 Å². The van der Waals surface area contributed by atoms with Crippen molar-refractivity contribution in [3.63, 3.8) is 0 Å². The van der Waals surface area contributed by atoms with E-state index in [0.29, 0.717) is 17.1 Å². The van der Waals surface area contributed by atoms with E-state index >= 15 is 0 Å². The molecular formula is C21H16N2O3. The number of nitrogens with one attached hydrogen (secondary N) is 1. The number of carbonyl (C=O) groups is 1. The molecule has 0 unspecified atom stereocenters. The molecule has 0 saturated heterocycles. The Morgan fingerprint density at radius 1 is 0.923 bits per heavy atom. The van der Waals surface area contributed by atoms with Gasteiger partial charge in [-0.2, -0.15) is 0 Å². The number of hydrogen-bond donors (Lipinski definition) is 1. The monoisotopic (exact) mass is 344 g/mol. The number of imidazole rings is 1. The number of carbonyl (C=O) groups excluding carboxylic acids is 1. The van der Waals surface area contributed by atoms with Gasteiger partial charge in [-0.05, 0) is 42.5 Å². The number of H-pyrrole nitrogens is 1. The fourth-order valence-corrected chi connectivity index (χ4v) is 2.72. The van der Waals surface area contributed by atoms with Gasteiger partial charge in [0.25, 0.3) is 0 Å². The van der Waals surface area contributed by atoms with Crippen molar-refractivity contribution >= 4 is 17.0 Å². The van der Waals surface area contributed by atoms with Crippen LogP contribution in [0.15, 0.2) is 72.8 Å². The number of fused-ring (bicyclic) bond motifs is 1. The molecule has 128 valence electrons. The number of benzene rings is 3. The molecule has 3 aromatic carbocycles. The van der Waals surface area contributed by atoms with E-state index in [0.717, 1.165) is 22.4 Å². The minimum atomic E-state index is -0.430. The number of methoxy groups -OCH3 is 1. The predicted molar refractivity (Wildman–Crippen MR) is 99.5 cm³/mol. The molecule has 0 atom stereocenters. The van der Waals surface area contributed by atoms with E-state index in [9.17, 15) is 4.79 Å². The minimum absolute atomic E-state index is 0.362. The smallest absolute Gasteiger partial charge is 0.343 e. The van der Waals surface area contributed by atoms with Gasteiger partial charge in [-0.1, -0.05) is 30.3 Å². The Morgan fingerprint density at radius 3 is 2.46 bits per heavy atom. The van der Waals surface area contributed by atoms with Gasteiger partial charge in [0.05, 0.1) is 23.7 Å². The number of aromatic nitrogens is 2. The molecule has 5 heteroatoms. The summed E-state index contributed by atoms with van der Waals surface area (Å²) in [5, 5.41) is 0. The molecule has 0 saturated carbocycles. The third-order valence-electron chi connectivity index (χ3n) is 4.04. The lowest BCUT2D eigenvalue weighted by Crippen LogP contribution is -2.09. The Hall–Kier alpha value is -3.60. The molecule has 1 heterocycles. The van der Waals surface area contributed by atoms with Crippen molar-refractivity contribution in [1.29, 1.82) is 0 Å². The maximum Gasteiger partial charge on any atom is 0.343 e. The van der Waals surface area contributed by atoms with Crippen molar-refractivity contribution in [3.05, 3.63) is 78.4 Å². The third-order valence-corrected chi connectivity index (χ3v) is 4.04. The zero-order valence-electron chi connectivity index (χ0n) is 14.1. The van der Waals surface area contributed by atoms with Crippen molar-refractivity contribution in [1.82, 2.24) is 9.97 Å². The molecule has 0 radical (unpaired) electrons. The highest BCUT2D eigenvalue weighted by Crippen LogP contribution is 2.32. The summed E-state index contributed by atoms with van der Waals surface area (Å²) in [5.41, 5.74) is 3.18. The van der Waals surface area contributed by atoms with Crippen LogP contribution in [0, 0.1) is 0 Å². The zero-order chi connectivity index (χ0) is 17.9. The number of nitrogens with zero attached hydrogens (tertiary/aromatic N) is 1. The summed E-state index contributed by atoms with van der Waals surface area (Å²) < 4.78 is 10.9. The standard InChI is InChI=1S/C21H16N2O3/c1-25-19-13-15(20-22-16-9-5-6-10-17(16)23-20)11-12-18(19)26-21(24)14-7-3-2-4-8-14/h2-13H,1H3,(H,22,23). The molecule has 0 aliphatic heterocycles. The molecule has 0 spiro atoms. The molecule has 4 aromatic rings. The largest absolute Gasteiger partial charge is 0.493 e. The van der Waals surface area contributed by atoms with E-state index in [1.165, 1.54) is 7.11 Å². The van der Waals surface area contributed by atoms with Crippen LogP contribution in [-0.4, -0.2) is 23.0 Å². The second kappa shape index (κ2) is 6.72. The molecule has 4 rings (SSSR count). The number of ether oxygens (including phenoxy) is 2. The van der Waals surface area contributed by atoms with Crippen molar-refractivity contribution in [2.75, 3.05) is 7.11 Å². The highest BCUT2D eigenvalue weighted by Gasteiger charge is 2.14. The van der Waals surface area contributed by atoms with Gasteiger partial charge < -0.3 is 14.5 Å². The number of aromatic amines is 1. The first kappa shape index (κ1) is 15.9.